The first kappa shape index (κ1) is 16.0. The number of carbonyl (C=O) groups is 2. The zero-order valence-electron chi connectivity index (χ0n) is 11.6. The number of hydrogen-bond donors (Lipinski definition) is 1. The number of amides is 1. The van der Waals surface area contributed by atoms with Crippen molar-refractivity contribution < 1.29 is 18.7 Å². The molecule has 6 heteroatoms. The minimum absolute atomic E-state index is 0.261. The van der Waals surface area contributed by atoms with Gasteiger partial charge in [0.2, 0.25) is 0 Å². The fraction of sp³-hybridized carbons (Fsp3) is 0.125. The fourth-order valence-corrected chi connectivity index (χ4v) is 2.03. The van der Waals surface area contributed by atoms with Gasteiger partial charge in [0.25, 0.3) is 5.91 Å². The van der Waals surface area contributed by atoms with Gasteiger partial charge in [0.15, 0.2) is 6.61 Å². The van der Waals surface area contributed by atoms with E-state index >= 15 is 0 Å². The van der Waals surface area contributed by atoms with Crippen LogP contribution >= 0.6 is 15.9 Å². The van der Waals surface area contributed by atoms with Crippen molar-refractivity contribution in [1.82, 2.24) is 5.32 Å². The van der Waals surface area contributed by atoms with Gasteiger partial charge in [0.1, 0.15) is 5.76 Å². The summed E-state index contributed by atoms with van der Waals surface area (Å²) in [5.74, 6) is -0.331. The Hall–Kier alpha value is -2.34. The van der Waals surface area contributed by atoms with Crippen LogP contribution in [0.4, 0.5) is 0 Å². The number of ether oxygens (including phenoxy) is 1. The number of halogens is 1. The van der Waals surface area contributed by atoms with E-state index in [1.807, 2.05) is 24.3 Å². The van der Waals surface area contributed by atoms with Crippen LogP contribution in [0.1, 0.15) is 11.3 Å². The highest BCUT2D eigenvalue weighted by Crippen LogP contribution is 2.12. The molecule has 0 bridgehead atoms. The lowest BCUT2D eigenvalue weighted by Crippen LogP contribution is -2.27. The Labute approximate surface area is 136 Å². The molecule has 0 saturated carbocycles. The molecule has 1 N–H and O–H groups in total. The first-order valence-electron chi connectivity index (χ1n) is 6.53. The largest absolute Gasteiger partial charge is 0.467 e. The van der Waals surface area contributed by atoms with Crippen molar-refractivity contribution in [2.75, 3.05) is 6.61 Å². The second-order valence-corrected chi connectivity index (χ2v) is 5.27. The molecule has 0 unspecified atom stereocenters. The number of carbonyl (C=O) groups excluding carboxylic acids is 2. The van der Waals surface area contributed by atoms with Crippen molar-refractivity contribution in [1.29, 1.82) is 0 Å². The molecule has 1 aromatic carbocycles. The third kappa shape index (κ3) is 5.57. The molecule has 1 aromatic heterocycles. The predicted octanol–water partition coefficient (Wildman–Crippen LogP) is 2.91. The molecule has 1 amide bonds. The summed E-state index contributed by atoms with van der Waals surface area (Å²) in [6, 6.07) is 10.9. The summed E-state index contributed by atoms with van der Waals surface area (Å²) in [4.78, 5) is 23.0. The highest BCUT2D eigenvalue weighted by Gasteiger charge is 2.05. The first-order valence-corrected chi connectivity index (χ1v) is 7.32. The molecule has 0 saturated heterocycles. The minimum Gasteiger partial charge on any atom is -0.467 e. The first-order chi connectivity index (χ1) is 10.6. The summed E-state index contributed by atoms with van der Waals surface area (Å²) in [5.41, 5.74) is 0.855. The molecule has 2 rings (SSSR count). The van der Waals surface area contributed by atoms with Crippen molar-refractivity contribution in [2.24, 2.45) is 0 Å². The van der Waals surface area contributed by atoms with Crippen LogP contribution in [0.2, 0.25) is 0 Å². The molecule has 2 aromatic rings. The van der Waals surface area contributed by atoms with E-state index in [9.17, 15) is 9.59 Å². The minimum atomic E-state index is -0.576. The fourth-order valence-electron chi connectivity index (χ4n) is 1.61. The summed E-state index contributed by atoms with van der Waals surface area (Å²) in [5, 5.41) is 2.58. The number of esters is 1. The van der Waals surface area contributed by atoms with Gasteiger partial charge in [-0.05, 0) is 35.9 Å². The quantitative estimate of drug-likeness (QED) is 0.632. The summed E-state index contributed by atoms with van der Waals surface area (Å²) in [6.07, 6.45) is 4.42. The number of furan rings is 1. The van der Waals surface area contributed by atoms with Gasteiger partial charge in [-0.2, -0.15) is 0 Å². The van der Waals surface area contributed by atoms with Crippen LogP contribution in [0.25, 0.3) is 6.08 Å². The van der Waals surface area contributed by atoms with E-state index in [0.717, 1.165) is 10.0 Å². The normalized spacial score (nSPS) is 10.6. The van der Waals surface area contributed by atoms with Gasteiger partial charge in [-0.15, -0.1) is 0 Å². The number of nitrogens with one attached hydrogen (secondary N) is 1. The van der Waals surface area contributed by atoms with Crippen LogP contribution in [-0.4, -0.2) is 18.5 Å². The molecule has 0 spiro atoms. The lowest BCUT2D eigenvalue weighted by atomic mass is 10.2. The van der Waals surface area contributed by atoms with Gasteiger partial charge in [-0.1, -0.05) is 28.1 Å². The SMILES string of the molecule is O=C(COC(=O)/C=C/c1cccc(Br)c1)NCc1ccco1. The lowest BCUT2D eigenvalue weighted by Gasteiger charge is -2.03. The zero-order chi connectivity index (χ0) is 15.8. The van der Waals surface area contributed by atoms with Crippen LogP contribution in [0.15, 0.2) is 57.6 Å². The summed E-state index contributed by atoms with van der Waals surface area (Å²) < 4.78 is 10.8. The van der Waals surface area contributed by atoms with Crippen LogP contribution in [0, 0.1) is 0 Å². The maximum atomic E-state index is 11.5. The van der Waals surface area contributed by atoms with E-state index in [2.05, 4.69) is 21.2 Å². The molecule has 0 aliphatic heterocycles. The van der Waals surface area contributed by atoms with E-state index in [1.54, 1.807) is 18.2 Å². The Morgan fingerprint density at radius 2 is 2.14 bits per heavy atom. The van der Waals surface area contributed by atoms with Crippen LogP contribution in [0.3, 0.4) is 0 Å². The van der Waals surface area contributed by atoms with E-state index in [0.29, 0.717) is 5.76 Å². The van der Waals surface area contributed by atoms with Gasteiger partial charge >= 0.3 is 5.97 Å². The molecular formula is C16H14BrNO4. The molecule has 114 valence electrons. The number of hydrogen-bond acceptors (Lipinski definition) is 4. The summed E-state index contributed by atoms with van der Waals surface area (Å²) in [6.45, 7) is -0.0698. The molecule has 22 heavy (non-hydrogen) atoms. The molecule has 0 aliphatic rings. The zero-order valence-corrected chi connectivity index (χ0v) is 13.2. The molecule has 0 fully saturated rings. The Morgan fingerprint density at radius 1 is 1.27 bits per heavy atom. The van der Waals surface area contributed by atoms with Crippen molar-refractivity contribution >= 4 is 33.9 Å². The molecule has 0 aliphatic carbocycles. The van der Waals surface area contributed by atoms with Gasteiger partial charge in [-0.3, -0.25) is 4.79 Å². The average molecular weight is 364 g/mol. The summed E-state index contributed by atoms with van der Waals surface area (Å²) in [7, 11) is 0. The lowest BCUT2D eigenvalue weighted by molar-refractivity contribution is -0.143. The van der Waals surface area contributed by atoms with E-state index < -0.39 is 5.97 Å². The predicted molar refractivity (Wildman–Crippen MR) is 84.7 cm³/mol. The smallest absolute Gasteiger partial charge is 0.331 e. The third-order valence-corrected chi connectivity index (χ3v) is 3.14. The van der Waals surface area contributed by atoms with Crippen LogP contribution in [0.5, 0.6) is 0 Å². The highest BCUT2D eigenvalue weighted by atomic mass is 79.9. The van der Waals surface area contributed by atoms with Crippen molar-refractivity contribution in [2.45, 2.75) is 6.54 Å². The summed E-state index contributed by atoms with van der Waals surface area (Å²) >= 11 is 3.34. The Morgan fingerprint density at radius 3 is 2.86 bits per heavy atom. The Bertz CT molecular complexity index is 665. The highest BCUT2D eigenvalue weighted by molar-refractivity contribution is 9.10. The van der Waals surface area contributed by atoms with E-state index in [-0.39, 0.29) is 19.1 Å². The maximum absolute atomic E-state index is 11.5. The molecule has 0 atom stereocenters. The Kier molecular flexibility index (Phi) is 5.97. The molecule has 1 heterocycles. The number of benzene rings is 1. The second-order valence-electron chi connectivity index (χ2n) is 4.35. The van der Waals surface area contributed by atoms with Gasteiger partial charge in [-0.25, -0.2) is 4.79 Å². The maximum Gasteiger partial charge on any atom is 0.331 e. The Balaban J connectivity index is 1.71. The van der Waals surface area contributed by atoms with Gasteiger partial charge in [0.05, 0.1) is 12.8 Å². The topological polar surface area (TPSA) is 68.5 Å². The van der Waals surface area contributed by atoms with Crippen LogP contribution in [-0.2, 0) is 20.9 Å². The molecular weight excluding hydrogens is 350 g/mol. The number of rotatable bonds is 6. The molecule has 5 nitrogen and oxygen atoms in total. The third-order valence-electron chi connectivity index (χ3n) is 2.65. The monoisotopic (exact) mass is 363 g/mol. The van der Waals surface area contributed by atoms with Gasteiger partial charge < -0.3 is 14.5 Å². The average Bonchev–Trinajstić information content (AvgIpc) is 3.02. The van der Waals surface area contributed by atoms with Crippen LogP contribution < -0.4 is 5.32 Å². The van der Waals surface area contributed by atoms with Crippen molar-refractivity contribution in [3.63, 3.8) is 0 Å². The standard InChI is InChI=1S/C16H14BrNO4/c17-13-4-1-3-12(9-13)6-7-16(20)22-11-15(19)18-10-14-5-2-8-21-14/h1-9H,10-11H2,(H,18,19)/b7-6+. The van der Waals surface area contributed by atoms with E-state index in [4.69, 9.17) is 9.15 Å². The van der Waals surface area contributed by atoms with E-state index in [1.165, 1.54) is 12.3 Å². The molecule has 0 radical (unpaired) electrons. The second kappa shape index (κ2) is 8.19. The van der Waals surface area contributed by atoms with Crippen molar-refractivity contribution in [3.05, 3.63) is 64.5 Å². The van der Waals surface area contributed by atoms with Gasteiger partial charge in [0, 0.05) is 10.5 Å². The van der Waals surface area contributed by atoms with Crippen molar-refractivity contribution in [3.8, 4) is 0 Å².